The zero-order valence-corrected chi connectivity index (χ0v) is 20.5. The van der Waals surface area contributed by atoms with E-state index in [2.05, 4.69) is 26.9 Å². The van der Waals surface area contributed by atoms with Crippen LogP contribution in [0.5, 0.6) is 0 Å². The van der Waals surface area contributed by atoms with Crippen LogP contribution in [-0.2, 0) is 23.8 Å². The van der Waals surface area contributed by atoms with Crippen molar-refractivity contribution >= 4 is 30.0 Å². The molecule has 0 spiro atoms. The number of nitrogens with one attached hydrogen (secondary N) is 3. The fraction of sp³-hybridized carbons (Fsp3) is 0.682. The van der Waals surface area contributed by atoms with E-state index in [1.807, 2.05) is 0 Å². The Morgan fingerprint density at radius 1 is 0.970 bits per heavy atom. The molecule has 0 unspecified atom stereocenters. The maximum atomic E-state index is 12.1. The van der Waals surface area contributed by atoms with Crippen molar-refractivity contribution in [2.45, 2.75) is 84.5 Å². The number of aliphatic imine (C=N–C) groups is 1. The molecule has 186 valence electrons. The number of carbonyl (C=O) groups excluding carboxylic acids is 4. The number of guanidine groups is 1. The van der Waals surface area contributed by atoms with Crippen LogP contribution in [-0.4, -0.2) is 60.9 Å². The maximum Gasteiger partial charge on any atom is 0.414 e. The minimum absolute atomic E-state index is 0.0447. The number of ether oxygens (including phenoxy) is 3. The normalized spacial score (nSPS) is 11.8. The zero-order chi connectivity index (χ0) is 25.7. The van der Waals surface area contributed by atoms with E-state index in [4.69, 9.17) is 20.6 Å². The summed E-state index contributed by atoms with van der Waals surface area (Å²) in [7, 11) is 1.20. The highest BCUT2D eigenvalue weighted by Gasteiger charge is 2.23. The zero-order valence-electron chi connectivity index (χ0n) is 20.5. The van der Waals surface area contributed by atoms with Crippen LogP contribution in [0.4, 0.5) is 9.59 Å². The van der Waals surface area contributed by atoms with Crippen molar-refractivity contribution in [2.24, 2.45) is 4.99 Å². The highest BCUT2D eigenvalue weighted by atomic mass is 16.6. The Morgan fingerprint density at radius 2 is 1.48 bits per heavy atom. The second kappa shape index (κ2) is 14.0. The third-order valence-corrected chi connectivity index (χ3v) is 3.47. The van der Waals surface area contributed by atoms with E-state index >= 15 is 0 Å². The Morgan fingerprint density at radius 3 is 1.91 bits per heavy atom. The Hall–Kier alpha value is -3.29. The minimum atomic E-state index is -0.971. The van der Waals surface area contributed by atoms with Crippen molar-refractivity contribution in [1.82, 2.24) is 16.0 Å². The predicted octanol–water partition coefficient (Wildman–Crippen LogP) is 2.24. The van der Waals surface area contributed by atoms with Crippen LogP contribution in [0.2, 0.25) is 0 Å². The summed E-state index contributed by atoms with van der Waals surface area (Å²) in [4.78, 5) is 52.4. The van der Waals surface area contributed by atoms with Crippen LogP contribution in [0.15, 0.2) is 4.99 Å². The molecule has 0 rings (SSSR count). The number of nitrogens with zero attached hydrogens (tertiary/aromatic N) is 1. The van der Waals surface area contributed by atoms with Crippen molar-refractivity contribution in [1.29, 1.82) is 0 Å². The summed E-state index contributed by atoms with van der Waals surface area (Å²) in [6.07, 6.45) is 4.61. The molecule has 0 aliphatic rings. The fourth-order valence-corrected chi connectivity index (χ4v) is 2.23. The van der Waals surface area contributed by atoms with Crippen molar-refractivity contribution in [3.05, 3.63) is 0 Å². The van der Waals surface area contributed by atoms with Gasteiger partial charge in [0.2, 0.25) is 11.9 Å². The fourth-order valence-electron chi connectivity index (χ4n) is 2.23. The summed E-state index contributed by atoms with van der Waals surface area (Å²) in [6, 6.07) is -0.971. The number of carbonyl (C=O) groups is 4. The summed E-state index contributed by atoms with van der Waals surface area (Å²) in [6.45, 7) is 10.0. The van der Waals surface area contributed by atoms with E-state index in [1.54, 1.807) is 41.5 Å². The number of esters is 1. The molecule has 0 aromatic rings. The first-order valence-corrected chi connectivity index (χ1v) is 10.5. The standard InChI is InChI=1S/C22H36N4O7/c1-9-10-11-12-16(27)24-15(17(28)31-8)13-14-23-18(25-19(29)32-21(2,3)4)26-20(30)33-22(5,6)7/h1,15H,10-14H2,2-8H3,(H,24,27)(H2,23,25,26,29,30)/t15-/m0/s1. The lowest BCUT2D eigenvalue weighted by Gasteiger charge is -2.22. The molecule has 0 fully saturated rings. The lowest BCUT2D eigenvalue weighted by molar-refractivity contribution is -0.145. The van der Waals surface area contributed by atoms with Gasteiger partial charge in [0.15, 0.2) is 0 Å². The van der Waals surface area contributed by atoms with Gasteiger partial charge in [0.25, 0.3) is 0 Å². The molecule has 33 heavy (non-hydrogen) atoms. The molecule has 0 aromatic carbocycles. The average Bonchev–Trinajstić information content (AvgIpc) is 2.63. The molecule has 11 heteroatoms. The number of alkyl carbamates (subject to hydrolysis) is 2. The van der Waals surface area contributed by atoms with Gasteiger partial charge in [-0.15, -0.1) is 12.3 Å². The molecular formula is C22H36N4O7. The van der Waals surface area contributed by atoms with Crippen molar-refractivity contribution in [2.75, 3.05) is 13.7 Å². The molecule has 0 aromatic heterocycles. The van der Waals surface area contributed by atoms with E-state index in [0.717, 1.165) is 0 Å². The smallest absolute Gasteiger partial charge is 0.414 e. The summed E-state index contributed by atoms with van der Waals surface area (Å²) < 4.78 is 15.1. The third kappa shape index (κ3) is 16.1. The minimum Gasteiger partial charge on any atom is -0.467 e. The molecule has 11 nitrogen and oxygen atoms in total. The molecule has 0 aliphatic carbocycles. The van der Waals surface area contributed by atoms with Crippen molar-refractivity contribution < 1.29 is 33.4 Å². The van der Waals surface area contributed by atoms with Crippen LogP contribution in [0.25, 0.3) is 0 Å². The largest absolute Gasteiger partial charge is 0.467 e. The van der Waals surface area contributed by atoms with Gasteiger partial charge >= 0.3 is 18.2 Å². The quantitative estimate of drug-likeness (QED) is 0.124. The molecule has 0 aliphatic heterocycles. The Kier molecular flexibility index (Phi) is 12.6. The monoisotopic (exact) mass is 468 g/mol. The predicted molar refractivity (Wildman–Crippen MR) is 122 cm³/mol. The van der Waals surface area contributed by atoms with Gasteiger partial charge in [0.05, 0.1) is 7.11 Å². The topological polar surface area (TPSA) is 144 Å². The first-order valence-electron chi connectivity index (χ1n) is 10.5. The van der Waals surface area contributed by atoms with Crippen LogP contribution in [0.1, 0.15) is 67.2 Å². The molecule has 0 saturated carbocycles. The van der Waals surface area contributed by atoms with Gasteiger partial charge in [-0.1, -0.05) is 0 Å². The van der Waals surface area contributed by atoms with Gasteiger partial charge in [0.1, 0.15) is 17.2 Å². The summed E-state index contributed by atoms with van der Waals surface area (Å²) >= 11 is 0. The van der Waals surface area contributed by atoms with Gasteiger partial charge in [-0.3, -0.25) is 20.4 Å². The molecule has 1 atom stereocenters. The molecule has 0 radical (unpaired) electrons. The summed E-state index contributed by atoms with van der Waals surface area (Å²) in [5.41, 5.74) is -1.55. The molecule has 0 heterocycles. The number of unbranched alkanes of at least 4 members (excludes halogenated alkanes) is 1. The van der Waals surface area contributed by atoms with E-state index in [-0.39, 0.29) is 31.3 Å². The van der Waals surface area contributed by atoms with Crippen molar-refractivity contribution in [3.63, 3.8) is 0 Å². The molecule has 0 bridgehead atoms. The first kappa shape index (κ1) is 29.7. The Balaban J connectivity index is 5.28. The Bertz CT molecular complexity index is 726. The SMILES string of the molecule is C#CCCCC(=O)N[C@@H](CCN=C(NC(=O)OC(C)(C)C)NC(=O)OC(C)(C)C)C(=O)OC. The van der Waals surface area contributed by atoms with Gasteiger partial charge in [-0.25, -0.2) is 14.4 Å². The van der Waals surface area contributed by atoms with Gasteiger partial charge in [-0.05, 0) is 54.4 Å². The average molecular weight is 469 g/mol. The van der Waals surface area contributed by atoms with E-state index in [0.29, 0.717) is 12.8 Å². The number of amides is 3. The molecule has 3 N–H and O–H groups in total. The van der Waals surface area contributed by atoms with Gasteiger partial charge in [-0.2, -0.15) is 0 Å². The summed E-state index contributed by atoms with van der Waals surface area (Å²) in [5, 5.41) is 7.24. The first-order chi connectivity index (χ1) is 15.2. The molecule has 3 amide bonds. The lowest BCUT2D eigenvalue weighted by Crippen LogP contribution is -2.47. The van der Waals surface area contributed by atoms with Crippen molar-refractivity contribution in [3.8, 4) is 12.3 Å². The molecular weight excluding hydrogens is 432 g/mol. The second-order valence-electron chi connectivity index (χ2n) is 8.97. The number of rotatable bonds is 8. The maximum absolute atomic E-state index is 12.1. The number of methoxy groups -OCH3 is 1. The van der Waals surface area contributed by atoms with Crippen LogP contribution in [0, 0.1) is 12.3 Å². The molecule has 0 saturated heterocycles. The van der Waals surface area contributed by atoms with E-state index < -0.39 is 35.4 Å². The van der Waals surface area contributed by atoms with E-state index in [1.165, 1.54) is 7.11 Å². The van der Waals surface area contributed by atoms with Crippen LogP contribution < -0.4 is 16.0 Å². The van der Waals surface area contributed by atoms with Crippen LogP contribution in [0.3, 0.4) is 0 Å². The van der Waals surface area contributed by atoms with Crippen LogP contribution >= 0.6 is 0 Å². The van der Waals surface area contributed by atoms with Gasteiger partial charge < -0.3 is 19.5 Å². The third-order valence-electron chi connectivity index (χ3n) is 3.47. The van der Waals surface area contributed by atoms with E-state index in [9.17, 15) is 19.2 Å². The number of hydrogen-bond acceptors (Lipinski definition) is 8. The highest BCUT2D eigenvalue weighted by Crippen LogP contribution is 2.08. The number of hydrogen-bond donors (Lipinski definition) is 3. The summed E-state index contributed by atoms with van der Waals surface area (Å²) in [5.74, 6) is 1.19. The number of terminal acetylenes is 1. The lowest BCUT2D eigenvalue weighted by atomic mass is 10.2. The Labute approximate surface area is 195 Å². The van der Waals surface area contributed by atoms with Gasteiger partial charge in [0, 0.05) is 19.4 Å². The highest BCUT2D eigenvalue weighted by molar-refractivity contribution is 6.01. The second-order valence-corrected chi connectivity index (χ2v) is 8.97.